The minimum Gasteiger partial charge on any atom is -0.496 e. The van der Waals surface area contributed by atoms with E-state index in [1.54, 1.807) is 13.2 Å². The molecule has 1 aromatic heterocycles. The van der Waals surface area contributed by atoms with Crippen LogP contribution in [-0.2, 0) is 16.0 Å². The van der Waals surface area contributed by atoms with Crippen LogP contribution in [0.15, 0.2) is 42.5 Å². The molecule has 0 radical (unpaired) electrons. The van der Waals surface area contributed by atoms with E-state index in [0.717, 1.165) is 25.1 Å². The first-order valence-electron chi connectivity index (χ1n) is 9.52. The molecular weight excluding hydrogens is 370 g/mol. The molecule has 0 saturated carbocycles. The number of rotatable bonds is 5. The van der Waals surface area contributed by atoms with Crippen molar-refractivity contribution >= 4 is 34.2 Å². The van der Waals surface area contributed by atoms with Crippen LogP contribution in [0.1, 0.15) is 22.5 Å². The molecule has 0 spiro atoms. The summed E-state index contributed by atoms with van der Waals surface area (Å²) in [5, 5.41) is 3.55. The van der Waals surface area contributed by atoms with Gasteiger partial charge in [0.15, 0.2) is 0 Å². The maximum absolute atomic E-state index is 12.9. The average molecular weight is 393 g/mol. The summed E-state index contributed by atoms with van der Waals surface area (Å²) >= 11 is 0. The summed E-state index contributed by atoms with van der Waals surface area (Å²) in [6.45, 7) is 1.00. The van der Waals surface area contributed by atoms with Crippen molar-refractivity contribution in [3.05, 3.63) is 53.7 Å². The number of anilines is 2. The number of carbonyl (C=O) groups excluding carboxylic acids is 2. The number of para-hydroxylation sites is 1. The first-order chi connectivity index (χ1) is 14.1. The van der Waals surface area contributed by atoms with E-state index in [-0.39, 0.29) is 18.1 Å². The van der Waals surface area contributed by atoms with Gasteiger partial charge in [-0.1, -0.05) is 24.3 Å². The van der Waals surface area contributed by atoms with Crippen molar-refractivity contribution in [3.63, 3.8) is 0 Å². The molecular formula is C22H23N3O4. The molecule has 0 bridgehead atoms. The fourth-order valence-electron chi connectivity index (χ4n) is 3.89. The molecule has 1 aliphatic heterocycles. The minimum atomic E-state index is -0.554. The van der Waals surface area contributed by atoms with Gasteiger partial charge in [-0.2, -0.15) is 0 Å². The number of carbonyl (C=O) groups is 2. The van der Waals surface area contributed by atoms with Crippen LogP contribution in [0, 0.1) is 0 Å². The third kappa shape index (κ3) is 3.51. The van der Waals surface area contributed by atoms with Crippen LogP contribution in [0.2, 0.25) is 0 Å². The standard InChI is InChI=1S/C22H23N3O4/c1-28-17-11-5-9-15-19(17)20(21(23-15)22(27)29-2)24-18(26)13-25-12-6-8-14-7-3-4-10-16(14)25/h3-5,7,9-11,23H,6,8,12-13H2,1-2H3,(H,24,26). The zero-order valence-electron chi connectivity index (χ0n) is 16.5. The number of benzene rings is 2. The number of methoxy groups -OCH3 is 2. The third-order valence-corrected chi connectivity index (χ3v) is 5.20. The Bertz CT molecular complexity index is 1070. The van der Waals surface area contributed by atoms with Crippen molar-refractivity contribution in [2.24, 2.45) is 0 Å². The van der Waals surface area contributed by atoms with Gasteiger partial charge in [0.05, 0.1) is 37.4 Å². The van der Waals surface area contributed by atoms with Gasteiger partial charge in [-0.25, -0.2) is 4.79 Å². The van der Waals surface area contributed by atoms with E-state index in [4.69, 9.17) is 9.47 Å². The molecule has 150 valence electrons. The number of nitrogens with one attached hydrogen (secondary N) is 2. The number of aryl methyl sites for hydroxylation is 1. The number of hydrogen-bond acceptors (Lipinski definition) is 5. The van der Waals surface area contributed by atoms with Gasteiger partial charge >= 0.3 is 5.97 Å². The number of esters is 1. The second-order valence-electron chi connectivity index (χ2n) is 6.95. The highest BCUT2D eigenvalue weighted by atomic mass is 16.5. The Morgan fingerprint density at radius 3 is 2.76 bits per heavy atom. The lowest BCUT2D eigenvalue weighted by atomic mass is 10.0. The summed E-state index contributed by atoms with van der Waals surface area (Å²) in [6.07, 6.45) is 2.01. The summed E-state index contributed by atoms with van der Waals surface area (Å²) in [7, 11) is 2.86. The van der Waals surface area contributed by atoms with Crippen LogP contribution in [0.4, 0.5) is 11.4 Å². The van der Waals surface area contributed by atoms with Gasteiger partial charge < -0.3 is 24.7 Å². The molecule has 7 nitrogen and oxygen atoms in total. The second-order valence-corrected chi connectivity index (χ2v) is 6.95. The maximum atomic E-state index is 12.9. The zero-order valence-corrected chi connectivity index (χ0v) is 16.5. The van der Waals surface area contributed by atoms with Crippen molar-refractivity contribution in [3.8, 4) is 5.75 Å². The highest BCUT2D eigenvalue weighted by Gasteiger charge is 2.24. The molecule has 1 amide bonds. The summed E-state index contributed by atoms with van der Waals surface area (Å²) in [6, 6.07) is 13.6. The summed E-state index contributed by atoms with van der Waals surface area (Å²) < 4.78 is 10.3. The molecule has 2 N–H and O–H groups in total. The van der Waals surface area contributed by atoms with Gasteiger partial charge in [0.1, 0.15) is 11.4 Å². The lowest BCUT2D eigenvalue weighted by Crippen LogP contribution is -2.37. The first kappa shape index (κ1) is 18.9. The van der Waals surface area contributed by atoms with Crippen molar-refractivity contribution in [2.75, 3.05) is 37.5 Å². The van der Waals surface area contributed by atoms with Gasteiger partial charge in [-0.3, -0.25) is 4.79 Å². The molecule has 29 heavy (non-hydrogen) atoms. The van der Waals surface area contributed by atoms with E-state index in [1.807, 2.05) is 30.3 Å². The maximum Gasteiger partial charge on any atom is 0.356 e. The number of hydrogen-bond donors (Lipinski definition) is 2. The van der Waals surface area contributed by atoms with E-state index in [1.165, 1.54) is 12.7 Å². The fourth-order valence-corrected chi connectivity index (χ4v) is 3.89. The van der Waals surface area contributed by atoms with Crippen molar-refractivity contribution < 1.29 is 19.1 Å². The highest BCUT2D eigenvalue weighted by molar-refractivity contribution is 6.13. The predicted octanol–water partition coefficient (Wildman–Crippen LogP) is 3.35. The van der Waals surface area contributed by atoms with Gasteiger partial charge in [0.25, 0.3) is 0 Å². The van der Waals surface area contributed by atoms with Gasteiger partial charge in [0.2, 0.25) is 5.91 Å². The molecule has 0 unspecified atom stereocenters. The SMILES string of the molecule is COC(=O)c1[nH]c2cccc(OC)c2c1NC(=O)CN1CCCc2ccccc21. The number of fused-ring (bicyclic) bond motifs is 2. The number of ether oxygens (including phenoxy) is 2. The number of aromatic nitrogens is 1. The first-order valence-corrected chi connectivity index (χ1v) is 9.52. The molecule has 0 aliphatic carbocycles. The molecule has 0 fully saturated rings. The van der Waals surface area contributed by atoms with Crippen LogP contribution in [0.3, 0.4) is 0 Å². The van der Waals surface area contributed by atoms with E-state index in [2.05, 4.69) is 21.3 Å². The summed E-state index contributed by atoms with van der Waals surface area (Å²) in [4.78, 5) is 30.3. The normalized spacial score (nSPS) is 13.1. The highest BCUT2D eigenvalue weighted by Crippen LogP contribution is 2.36. The van der Waals surface area contributed by atoms with E-state index >= 15 is 0 Å². The Hall–Kier alpha value is -3.48. The summed E-state index contributed by atoms with van der Waals surface area (Å²) in [5.41, 5.74) is 3.58. The average Bonchev–Trinajstić information content (AvgIpc) is 3.12. The quantitative estimate of drug-likeness (QED) is 0.650. The molecule has 7 heteroatoms. The Balaban J connectivity index is 1.65. The Morgan fingerprint density at radius 2 is 1.97 bits per heavy atom. The Kier molecular flexibility index (Phi) is 5.12. The monoisotopic (exact) mass is 393 g/mol. The number of aromatic amines is 1. The molecule has 3 aromatic rings. The molecule has 4 rings (SSSR count). The molecule has 1 aliphatic rings. The van der Waals surface area contributed by atoms with Gasteiger partial charge in [-0.15, -0.1) is 0 Å². The molecule has 0 atom stereocenters. The molecule has 2 aromatic carbocycles. The predicted molar refractivity (Wildman–Crippen MR) is 112 cm³/mol. The van der Waals surface area contributed by atoms with Crippen molar-refractivity contribution in [1.82, 2.24) is 4.98 Å². The smallest absolute Gasteiger partial charge is 0.356 e. The van der Waals surface area contributed by atoms with E-state index in [0.29, 0.717) is 22.3 Å². The van der Waals surface area contributed by atoms with Gasteiger partial charge in [-0.05, 0) is 36.6 Å². The zero-order chi connectivity index (χ0) is 20.4. The lowest BCUT2D eigenvalue weighted by Gasteiger charge is -2.30. The van der Waals surface area contributed by atoms with E-state index < -0.39 is 5.97 Å². The van der Waals surface area contributed by atoms with Crippen LogP contribution >= 0.6 is 0 Å². The van der Waals surface area contributed by atoms with Crippen LogP contribution in [0.5, 0.6) is 5.75 Å². The lowest BCUT2D eigenvalue weighted by molar-refractivity contribution is -0.115. The van der Waals surface area contributed by atoms with Crippen LogP contribution in [0.25, 0.3) is 10.9 Å². The second kappa shape index (κ2) is 7.87. The number of amides is 1. The Labute approximate surface area is 168 Å². The Morgan fingerprint density at radius 1 is 1.14 bits per heavy atom. The fraction of sp³-hybridized carbons (Fsp3) is 0.273. The van der Waals surface area contributed by atoms with E-state index in [9.17, 15) is 9.59 Å². The largest absolute Gasteiger partial charge is 0.496 e. The molecule has 2 heterocycles. The topological polar surface area (TPSA) is 83.7 Å². The van der Waals surface area contributed by atoms with Crippen molar-refractivity contribution in [1.29, 1.82) is 0 Å². The van der Waals surface area contributed by atoms with Crippen LogP contribution < -0.4 is 15.0 Å². The van der Waals surface area contributed by atoms with Crippen molar-refractivity contribution in [2.45, 2.75) is 12.8 Å². The number of H-pyrrole nitrogens is 1. The minimum absolute atomic E-state index is 0.194. The van der Waals surface area contributed by atoms with Crippen LogP contribution in [-0.4, -0.2) is 44.2 Å². The third-order valence-electron chi connectivity index (χ3n) is 5.20. The summed E-state index contributed by atoms with van der Waals surface area (Å²) in [5.74, 6) is -0.201. The van der Waals surface area contributed by atoms with Gasteiger partial charge in [0, 0.05) is 12.2 Å². The molecule has 0 saturated heterocycles. The number of nitrogens with zero attached hydrogens (tertiary/aromatic N) is 1.